The van der Waals surface area contributed by atoms with Crippen LogP contribution in [0.2, 0.25) is 0 Å². The van der Waals surface area contributed by atoms with Gasteiger partial charge in [0.1, 0.15) is 5.75 Å². The zero-order valence-corrected chi connectivity index (χ0v) is 10.0. The van der Waals surface area contributed by atoms with Crippen molar-refractivity contribution in [1.82, 2.24) is 0 Å². The molecule has 3 heteroatoms. The van der Waals surface area contributed by atoms with Crippen LogP contribution >= 0.6 is 15.9 Å². The van der Waals surface area contributed by atoms with Crippen LogP contribution in [0.15, 0.2) is 22.7 Å². The Labute approximate surface area is 97.6 Å². The van der Waals surface area contributed by atoms with E-state index in [-0.39, 0.29) is 11.0 Å². The molecule has 0 bridgehead atoms. The van der Waals surface area contributed by atoms with Gasteiger partial charge < -0.3 is 10.8 Å². The molecule has 0 heterocycles. The van der Waals surface area contributed by atoms with E-state index >= 15 is 0 Å². The molecule has 15 heavy (non-hydrogen) atoms. The number of rotatable bonds is 2. The Morgan fingerprint density at radius 3 is 2.40 bits per heavy atom. The van der Waals surface area contributed by atoms with Crippen molar-refractivity contribution in [2.75, 3.05) is 0 Å². The largest absolute Gasteiger partial charge is 0.508 e. The van der Waals surface area contributed by atoms with Crippen molar-refractivity contribution in [2.24, 2.45) is 5.73 Å². The number of aromatic hydroxyl groups is 1. The van der Waals surface area contributed by atoms with E-state index in [0.717, 1.165) is 35.7 Å². The van der Waals surface area contributed by atoms with E-state index in [1.54, 1.807) is 6.07 Å². The molecule has 2 aliphatic carbocycles. The van der Waals surface area contributed by atoms with Crippen LogP contribution in [0, 0.1) is 0 Å². The Bertz CT molecular complexity index is 422. The first-order valence-electron chi connectivity index (χ1n) is 5.35. The first kappa shape index (κ1) is 9.67. The zero-order chi connectivity index (χ0) is 10.7. The third kappa shape index (κ3) is 1.26. The predicted molar refractivity (Wildman–Crippen MR) is 62.9 cm³/mol. The van der Waals surface area contributed by atoms with Crippen LogP contribution in [0.3, 0.4) is 0 Å². The second-order valence-corrected chi connectivity index (χ2v) is 5.82. The molecule has 3 rings (SSSR count). The lowest BCUT2D eigenvalue weighted by Crippen LogP contribution is -2.37. The summed E-state index contributed by atoms with van der Waals surface area (Å²) >= 11 is 3.45. The highest BCUT2D eigenvalue weighted by atomic mass is 79.9. The highest BCUT2D eigenvalue weighted by molar-refractivity contribution is 9.10. The highest BCUT2D eigenvalue weighted by Crippen LogP contribution is 2.65. The number of hydrogen-bond acceptors (Lipinski definition) is 2. The minimum Gasteiger partial charge on any atom is -0.508 e. The molecule has 2 saturated carbocycles. The van der Waals surface area contributed by atoms with Gasteiger partial charge in [0.25, 0.3) is 0 Å². The maximum atomic E-state index is 9.93. The maximum Gasteiger partial charge on any atom is 0.119 e. The summed E-state index contributed by atoms with van der Waals surface area (Å²) in [6.45, 7) is 0. The van der Waals surface area contributed by atoms with E-state index in [1.165, 1.54) is 0 Å². The van der Waals surface area contributed by atoms with E-state index in [0.29, 0.717) is 5.75 Å². The summed E-state index contributed by atoms with van der Waals surface area (Å²) in [6.07, 6.45) is 4.43. The van der Waals surface area contributed by atoms with Crippen molar-refractivity contribution in [3.63, 3.8) is 0 Å². The van der Waals surface area contributed by atoms with Gasteiger partial charge in [0.15, 0.2) is 0 Å². The third-order valence-corrected chi connectivity index (χ3v) is 4.46. The summed E-state index contributed by atoms with van der Waals surface area (Å²) in [5.74, 6) is 0.396. The molecule has 1 aromatic rings. The minimum absolute atomic E-state index is 0.0364. The summed E-state index contributed by atoms with van der Waals surface area (Å²) in [4.78, 5) is 0. The van der Waals surface area contributed by atoms with Gasteiger partial charge in [-0.25, -0.2) is 0 Å². The Morgan fingerprint density at radius 2 is 1.87 bits per heavy atom. The summed E-state index contributed by atoms with van der Waals surface area (Å²) in [5.41, 5.74) is 7.38. The Hall–Kier alpha value is -0.540. The first-order valence-corrected chi connectivity index (χ1v) is 6.15. The van der Waals surface area contributed by atoms with Crippen LogP contribution in [-0.2, 0) is 5.41 Å². The van der Waals surface area contributed by atoms with Gasteiger partial charge in [-0.1, -0.05) is 15.9 Å². The third-order valence-electron chi connectivity index (χ3n) is 3.97. The van der Waals surface area contributed by atoms with Crippen LogP contribution in [0.5, 0.6) is 5.75 Å². The van der Waals surface area contributed by atoms with E-state index in [2.05, 4.69) is 15.9 Å². The molecule has 2 nitrogen and oxygen atoms in total. The van der Waals surface area contributed by atoms with Gasteiger partial charge in [-0.15, -0.1) is 0 Å². The van der Waals surface area contributed by atoms with Crippen LogP contribution in [0.4, 0.5) is 0 Å². The molecule has 0 aliphatic heterocycles. The fourth-order valence-corrected chi connectivity index (χ4v) is 3.03. The van der Waals surface area contributed by atoms with Crippen molar-refractivity contribution < 1.29 is 5.11 Å². The van der Waals surface area contributed by atoms with Crippen molar-refractivity contribution in [1.29, 1.82) is 0 Å². The van der Waals surface area contributed by atoms with Gasteiger partial charge in [0.2, 0.25) is 0 Å². The van der Waals surface area contributed by atoms with Crippen LogP contribution < -0.4 is 5.73 Å². The van der Waals surface area contributed by atoms with E-state index in [9.17, 15) is 5.11 Å². The van der Waals surface area contributed by atoms with Gasteiger partial charge in [0, 0.05) is 21.0 Å². The van der Waals surface area contributed by atoms with Crippen LogP contribution in [0.25, 0.3) is 0 Å². The molecule has 0 aromatic heterocycles. The number of phenolic OH excluding ortho intramolecular Hbond substituents is 1. The quantitative estimate of drug-likeness (QED) is 0.866. The van der Waals surface area contributed by atoms with Gasteiger partial charge in [-0.3, -0.25) is 0 Å². The fourth-order valence-electron chi connectivity index (χ4n) is 2.67. The monoisotopic (exact) mass is 267 g/mol. The maximum absolute atomic E-state index is 9.93. The smallest absolute Gasteiger partial charge is 0.119 e. The van der Waals surface area contributed by atoms with Gasteiger partial charge in [-0.2, -0.15) is 0 Å². The van der Waals surface area contributed by atoms with Crippen molar-refractivity contribution in [2.45, 2.75) is 36.6 Å². The van der Waals surface area contributed by atoms with E-state index < -0.39 is 0 Å². The molecule has 1 aromatic carbocycles. The van der Waals surface area contributed by atoms with Crippen molar-refractivity contribution in [3.05, 3.63) is 28.2 Å². The second-order valence-electron chi connectivity index (χ2n) is 4.90. The van der Waals surface area contributed by atoms with E-state index in [4.69, 9.17) is 5.73 Å². The normalized spacial score (nSPS) is 24.9. The molecule has 2 fully saturated rings. The Balaban J connectivity index is 2.09. The fraction of sp³-hybridized carbons (Fsp3) is 0.500. The summed E-state index contributed by atoms with van der Waals surface area (Å²) in [7, 11) is 0. The minimum atomic E-state index is -0.0364. The lowest BCUT2D eigenvalue weighted by molar-refractivity contribution is 0.433. The molecule has 3 N–H and O–H groups in total. The molecule has 0 radical (unpaired) electrons. The topological polar surface area (TPSA) is 46.2 Å². The zero-order valence-electron chi connectivity index (χ0n) is 8.46. The molecule has 80 valence electrons. The van der Waals surface area contributed by atoms with Gasteiger partial charge in [0.05, 0.1) is 0 Å². The molecule has 0 spiro atoms. The molecular weight excluding hydrogens is 254 g/mol. The molecule has 2 aliphatic rings. The highest BCUT2D eigenvalue weighted by Gasteiger charge is 2.64. The van der Waals surface area contributed by atoms with Crippen LogP contribution in [-0.4, -0.2) is 10.6 Å². The summed E-state index contributed by atoms with van der Waals surface area (Å²) in [5, 5.41) is 9.93. The summed E-state index contributed by atoms with van der Waals surface area (Å²) < 4.78 is 1.02. The standard InChI is InChI=1S/C12H14BrNO/c13-8-1-2-10(15)9(7-8)11(3-4-11)12(14)5-6-12/h1-2,7,15H,3-6,14H2. The average molecular weight is 268 g/mol. The summed E-state index contributed by atoms with van der Waals surface area (Å²) in [6, 6.07) is 5.64. The Morgan fingerprint density at radius 1 is 1.20 bits per heavy atom. The van der Waals surface area contributed by atoms with Crippen LogP contribution in [0.1, 0.15) is 31.2 Å². The number of benzene rings is 1. The van der Waals surface area contributed by atoms with Gasteiger partial charge in [-0.05, 0) is 43.9 Å². The first-order chi connectivity index (χ1) is 7.07. The Kier molecular flexibility index (Phi) is 1.79. The predicted octanol–water partition coefficient (Wildman–Crippen LogP) is 2.68. The number of phenols is 1. The average Bonchev–Trinajstić information content (AvgIpc) is 3.05. The number of nitrogens with two attached hydrogens (primary N) is 1. The molecule has 0 amide bonds. The lowest BCUT2D eigenvalue weighted by atomic mass is 9.85. The van der Waals surface area contributed by atoms with Crippen molar-refractivity contribution >= 4 is 15.9 Å². The SMILES string of the molecule is NC1(C2(c3cc(Br)ccc3O)CC2)CC1. The molecule has 0 unspecified atom stereocenters. The molecular formula is C12H14BrNO. The second kappa shape index (κ2) is 2.77. The van der Waals surface area contributed by atoms with Crippen molar-refractivity contribution in [3.8, 4) is 5.75 Å². The van der Waals surface area contributed by atoms with E-state index in [1.807, 2.05) is 12.1 Å². The lowest BCUT2D eigenvalue weighted by Gasteiger charge is -2.24. The number of hydrogen-bond donors (Lipinski definition) is 2. The number of halogens is 1. The molecule has 0 atom stereocenters. The van der Waals surface area contributed by atoms with Gasteiger partial charge >= 0.3 is 0 Å². The molecule has 0 saturated heterocycles.